The summed E-state index contributed by atoms with van der Waals surface area (Å²) in [6.45, 7) is 0.599. The Kier molecular flexibility index (Phi) is 4.97. The van der Waals surface area contributed by atoms with Crippen LogP contribution in [0.4, 0.5) is 0 Å². The van der Waals surface area contributed by atoms with Crippen LogP contribution in [-0.4, -0.2) is 28.4 Å². The van der Waals surface area contributed by atoms with Crippen LogP contribution < -0.4 is 5.73 Å². The van der Waals surface area contributed by atoms with Gasteiger partial charge in [-0.25, -0.2) is 0 Å². The molecule has 1 saturated carbocycles. The summed E-state index contributed by atoms with van der Waals surface area (Å²) in [5, 5.41) is 0. The normalized spacial score (nSPS) is 14.2. The molecular formula is C13H14Br2N2OS. The van der Waals surface area contributed by atoms with Crippen molar-refractivity contribution in [1.82, 2.24) is 4.90 Å². The summed E-state index contributed by atoms with van der Waals surface area (Å²) in [5.74, 6) is 0.0399. The Morgan fingerprint density at radius 3 is 2.63 bits per heavy atom. The van der Waals surface area contributed by atoms with Gasteiger partial charge in [0.2, 0.25) is 0 Å². The maximum absolute atomic E-state index is 12.6. The molecule has 1 fully saturated rings. The number of carbonyl (C=O) groups is 1. The fraction of sp³-hybridized carbons (Fsp3) is 0.385. The molecule has 0 unspecified atom stereocenters. The summed E-state index contributed by atoms with van der Waals surface area (Å²) >= 11 is 11.7. The van der Waals surface area contributed by atoms with Crippen molar-refractivity contribution >= 4 is 55.0 Å². The van der Waals surface area contributed by atoms with E-state index in [4.69, 9.17) is 18.0 Å². The zero-order valence-corrected chi connectivity index (χ0v) is 14.2. The van der Waals surface area contributed by atoms with Crippen LogP contribution in [0.15, 0.2) is 27.1 Å². The van der Waals surface area contributed by atoms with Gasteiger partial charge in [0, 0.05) is 28.0 Å². The van der Waals surface area contributed by atoms with Crippen molar-refractivity contribution < 1.29 is 4.79 Å². The molecular weight excluding hydrogens is 392 g/mol. The molecule has 0 radical (unpaired) electrons. The van der Waals surface area contributed by atoms with Crippen molar-refractivity contribution in [2.24, 2.45) is 5.73 Å². The first kappa shape index (κ1) is 14.9. The van der Waals surface area contributed by atoms with Crippen LogP contribution in [0, 0.1) is 0 Å². The summed E-state index contributed by atoms with van der Waals surface area (Å²) in [6, 6.07) is 5.92. The molecule has 6 heteroatoms. The van der Waals surface area contributed by atoms with Crippen molar-refractivity contribution in [1.29, 1.82) is 0 Å². The Balaban J connectivity index is 2.16. The molecule has 1 aromatic carbocycles. The van der Waals surface area contributed by atoms with Crippen molar-refractivity contribution in [3.63, 3.8) is 0 Å². The number of nitrogens with zero attached hydrogens (tertiary/aromatic N) is 1. The monoisotopic (exact) mass is 404 g/mol. The lowest BCUT2D eigenvalue weighted by molar-refractivity contribution is 0.0747. The molecule has 1 aromatic rings. The van der Waals surface area contributed by atoms with Crippen LogP contribution in [0.5, 0.6) is 0 Å². The minimum atomic E-state index is 0.0399. The molecule has 1 aliphatic rings. The maximum atomic E-state index is 12.6. The van der Waals surface area contributed by atoms with Crippen LogP contribution in [0.1, 0.15) is 29.6 Å². The van der Waals surface area contributed by atoms with E-state index in [1.165, 1.54) is 0 Å². The molecule has 1 amide bonds. The SMILES string of the molecule is NC(=S)CCN(C(=O)c1ccc(Br)cc1Br)C1CC1. The maximum Gasteiger partial charge on any atom is 0.255 e. The van der Waals surface area contributed by atoms with E-state index in [0.29, 0.717) is 29.6 Å². The summed E-state index contributed by atoms with van der Waals surface area (Å²) < 4.78 is 1.74. The minimum absolute atomic E-state index is 0.0399. The smallest absolute Gasteiger partial charge is 0.255 e. The van der Waals surface area contributed by atoms with E-state index >= 15 is 0 Å². The van der Waals surface area contributed by atoms with Gasteiger partial charge in [-0.3, -0.25) is 4.79 Å². The van der Waals surface area contributed by atoms with Crippen molar-refractivity contribution in [2.45, 2.75) is 25.3 Å². The first-order valence-corrected chi connectivity index (χ1v) is 8.03. The van der Waals surface area contributed by atoms with Crippen molar-refractivity contribution in [3.8, 4) is 0 Å². The average molecular weight is 406 g/mol. The summed E-state index contributed by atoms with van der Waals surface area (Å²) in [4.78, 5) is 14.9. The molecule has 1 aliphatic carbocycles. The number of benzene rings is 1. The minimum Gasteiger partial charge on any atom is -0.393 e. The highest BCUT2D eigenvalue weighted by atomic mass is 79.9. The van der Waals surface area contributed by atoms with Gasteiger partial charge in [0.05, 0.1) is 10.6 Å². The lowest BCUT2D eigenvalue weighted by atomic mass is 10.2. The van der Waals surface area contributed by atoms with E-state index in [1.807, 2.05) is 23.1 Å². The second-order valence-corrected chi connectivity index (χ2v) is 6.86. The second kappa shape index (κ2) is 6.33. The van der Waals surface area contributed by atoms with Crippen LogP contribution in [0.3, 0.4) is 0 Å². The topological polar surface area (TPSA) is 46.3 Å². The third kappa shape index (κ3) is 4.00. The molecule has 19 heavy (non-hydrogen) atoms. The van der Waals surface area contributed by atoms with E-state index in [0.717, 1.165) is 21.8 Å². The average Bonchev–Trinajstić information content (AvgIpc) is 3.13. The fourth-order valence-corrected chi connectivity index (χ4v) is 3.19. The molecule has 0 spiro atoms. The van der Waals surface area contributed by atoms with Gasteiger partial charge in [-0.05, 0) is 47.0 Å². The third-order valence-corrected chi connectivity index (χ3v) is 4.36. The van der Waals surface area contributed by atoms with E-state index in [2.05, 4.69) is 31.9 Å². The molecule has 102 valence electrons. The number of carbonyl (C=O) groups excluding carboxylic acids is 1. The first-order valence-electron chi connectivity index (χ1n) is 6.03. The van der Waals surface area contributed by atoms with Gasteiger partial charge in [0.25, 0.3) is 5.91 Å². The van der Waals surface area contributed by atoms with E-state index in [-0.39, 0.29) is 5.91 Å². The molecule has 0 heterocycles. The van der Waals surface area contributed by atoms with Gasteiger partial charge in [-0.2, -0.15) is 0 Å². The van der Waals surface area contributed by atoms with Crippen LogP contribution >= 0.6 is 44.1 Å². The third-order valence-electron chi connectivity index (χ3n) is 3.01. The number of thiocarbonyl (C=S) groups is 1. The zero-order valence-electron chi connectivity index (χ0n) is 10.2. The Bertz CT molecular complexity index is 517. The number of amides is 1. The van der Waals surface area contributed by atoms with Crippen LogP contribution in [-0.2, 0) is 0 Å². The number of nitrogens with two attached hydrogens (primary N) is 1. The Labute approximate surface area is 134 Å². The molecule has 0 aromatic heterocycles. The van der Waals surface area contributed by atoms with Crippen molar-refractivity contribution in [2.75, 3.05) is 6.54 Å². The van der Waals surface area contributed by atoms with Gasteiger partial charge in [-0.15, -0.1) is 0 Å². The number of hydrogen-bond acceptors (Lipinski definition) is 2. The molecule has 3 nitrogen and oxygen atoms in total. The molecule has 0 saturated heterocycles. The van der Waals surface area contributed by atoms with Gasteiger partial charge in [0.15, 0.2) is 0 Å². The Morgan fingerprint density at radius 1 is 1.42 bits per heavy atom. The van der Waals surface area contributed by atoms with Crippen molar-refractivity contribution in [3.05, 3.63) is 32.7 Å². The van der Waals surface area contributed by atoms with Gasteiger partial charge in [0.1, 0.15) is 0 Å². The van der Waals surface area contributed by atoms with Gasteiger partial charge in [-0.1, -0.05) is 28.1 Å². The van der Waals surface area contributed by atoms with Gasteiger partial charge < -0.3 is 10.6 Å². The molecule has 0 bridgehead atoms. The van der Waals surface area contributed by atoms with Crippen LogP contribution in [0.25, 0.3) is 0 Å². The number of hydrogen-bond donors (Lipinski definition) is 1. The molecule has 2 rings (SSSR count). The highest BCUT2D eigenvalue weighted by Gasteiger charge is 2.33. The second-order valence-electron chi connectivity index (χ2n) is 4.57. The van der Waals surface area contributed by atoms with Gasteiger partial charge >= 0.3 is 0 Å². The quantitative estimate of drug-likeness (QED) is 0.762. The summed E-state index contributed by atoms with van der Waals surface area (Å²) in [6.07, 6.45) is 2.71. The predicted molar refractivity (Wildman–Crippen MR) is 87.3 cm³/mol. The highest BCUT2D eigenvalue weighted by molar-refractivity contribution is 9.11. The predicted octanol–water partition coefficient (Wildman–Crippen LogP) is 3.49. The largest absolute Gasteiger partial charge is 0.393 e. The number of rotatable bonds is 5. The van der Waals surface area contributed by atoms with E-state index in [1.54, 1.807) is 0 Å². The summed E-state index contributed by atoms with van der Waals surface area (Å²) in [7, 11) is 0. The highest BCUT2D eigenvalue weighted by Crippen LogP contribution is 2.30. The zero-order chi connectivity index (χ0) is 14.0. The molecule has 2 N–H and O–H groups in total. The number of halogens is 2. The summed E-state index contributed by atoms with van der Waals surface area (Å²) in [5.41, 5.74) is 6.21. The van der Waals surface area contributed by atoms with E-state index in [9.17, 15) is 4.79 Å². The van der Waals surface area contributed by atoms with E-state index < -0.39 is 0 Å². The molecule has 0 atom stereocenters. The Morgan fingerprint density at radius 2 is 2.11 bits per heavy atom. The van der Waals surface area contributed by atoms with Crippen LogP contribution in [0.2, 0.25) is 0 Å². The standard InChI is InChI=1S/C13H14Br2N2OS/c14-8-1-4-10(11(15)7-8)13(18)17(9-2-3-9)6-5-12(16)19/h1,4,7,9H,2-3,5-6H2,(H2,16,19). The fourth-order valence-electron chi connectivity index (χ4n) is 1.88. The first-order chi connectivity index (χ1) is 8.99. The molecule has 0 aliphatic heterocycles. The lowest BCUT2D eigenvalue weighted by Gasteiger charge is -2.23. The lowest BCUT2D eigenvalue weighted by Crippen LogP contribution is -2.35. The Hall–Kier alpha value is -0.460.